The van der Waals surface area contributed by atoms with Crippen LogP contribution in [0.5, 0.6) is 0 Å². The summed E-state index contributed by atoms with van der Waals surface area (Å²) >= 11 is 0. The van der Waals surface area contributed by atoms with Crippen LogP contribution in [0.15, 0.2) is 70.9 Å². The maximum absolute atomic E-state index is 14.0. The average Bonchev–Trinajstić information content (AvgIpc) is 2.70. The third kappa shape index (κ3) is 5.14. The first-order chi connectivity index (χ1) is 13.5. The number of hydrogen-bond acceptors (Lipinski definition) is 3. The highest BCUT2D eigenvalue weighted by Crippen LogP contribution is 2.29. The fourth-order valence-electron chi connectivity index (χ4n) is 2.48. The van der Waals surface area contributed by atoms with Crippen LogP contribution in [-0.2, 0) is 0 Å². The zero-order valence-electron chi connectivity index (χ0n) is 16.1. The van der Waals surface area contributed by atoms with Gasteiger partial charge in [0.15, 0.2) is 17.5 Å². The van der Waals surface area contributed by atoms with Crippen molar-refractivity contribution in [3.63, 3.8) is 0 Å². The van der Waals surface area contributed by atoms with Gasteiger partial charge in [0.1, 0.15) is 0 Å². The normalized spacial score (nSPS) is 10.8. The Morgan fingerprint density at radius 2 is 1.82 bits per heavy atom. The molecule has 0 aliphatic heterocycles. The molecule has 1 heterocycles. The number of amidine groups is 1. The first-order valence-corrected chi connectivity index (χ1v) is 8.61. The molecule has 0 spiro atoms. The first-order valence-electron chi connectivity index (χ1n) is 8.61. The van der Waals surface area contributed by atoms with Gasteiger partial charge in [-0.25, -0.2) is 18.8 Å². The monoisotopic (exact) mass is 380 g/mol. The summed E-state index contributed by atoms with van der Waals surface area (Å²) < 4.78 is 27.4. The van der Waals surface area contributed by atoms with Gasteiger partial charge in [-0.3, -0.25) is 4.98 Å². The summed E-state index contributed by atoms with van der Waals surface area (Å²) in [6.45, 7) is 5.40. The molecule has 0 radical (unpaired) electrons. The summed E-state index contributed by atoms with van der Waals surface area (Å²) in [5.74, 6) is -1.28. The van der Waals surface area contributed by atoms with Gasteiger partial charge in [0.2, 0.25) is 0 Å². The molecule has 144 valence electrons. The van der Waals surface area contributed by atoms with E-state index in [1.807, 2.05) is 27.1 Å². The van der Waals surface area contributed by atoms with Gasteiger partial charge in [0.05, 0.1) is 5.69 Å². The Morgan fingerprint density at radius 3 is 2.43 bits per heavy atom. The fourth-order valence-corrected chi connectivity index (χ4v) is 2.48. The highest BCUT2D eigenvalue weighted by Gasteiger charge is 2.11. The van der Waals surface area contributed by atoms with Gasteiger partial charge < -0.3 is 5.32 Å². The van der Waals surface area contributed by atoms with Crippen LogP contribution in [0.1, 0.15) is 11.1 Å². The van der Waals surface area contributed by atoms with Crippen molar-refractivity contribution in [1.29, 1.82) is 0 Å². The van der Waals surface area contributed by atoms with E-state index in [4.69, 9.17) is 0 Å². The molecule has 2 aromatic carbocycles. The zero-order valence-corrected chi connectivity index (χ0v) is 16.1. The van der Waals surface area contributed by atoms with Crippen LogP contribution in [0.3, 0.4) is 0 Å². The maximum Gasteiger partial charge on any atom is 0.166 e. The molecule has 1 N–H and O–H groups in total. The lowest BCUT2D eigenvalue weighted by Crippen LogP contribution is -1.97. The Bertz CT molecular complexity index is 970. The van der Waals surface area contributed by atoms with Crippen LogP contribution in [0, 0.1) is 18.6 Å². The molecular weight excluding hydrogens is 358 g/mol. The second-order valence-corrected chi connectivity index (χ2v) is 5.94. The van der Waals surface area contributed by atoms with E-state index >= 15 is 0 Å². The molecule has 0 aliphatic rings. The summed E-state index contributed by atoms with van der Waals surface area (Å²) in [7, 11) is 3.75. The van der Waals surface area contributed by atoms with Crippen molar-refractivity contribution in [2.75, 3.05) is 14.1 Å². The topological polar surface area (TPSA) is 49.6 Å². The van der Waals surface area contributed by atoms with Crippen molar-refractivity contribution in [3.8, 4) is 11.1 Å². The third-order valence-electron chi connectivity index (χ3n) is 3.76. The fraction of sp³-hybridized carbons (Fsp3) is 0.136. The Hall–Kier alpha value is -3.25. The molecule has 0 fully saturated rings. The van der Waals surface area contributed by atoms with Crippen LogP contribution in [0.25, 0.3) is 11.1 Å². The van der Waals surface area contributed by atoms with Gasteiger partial charge in [0, 0.05) is 23.5 Å². The quantitative estimate of drug-likeness (QED) is 0.516. The molecule has 0 unspecified atom stereocenters. The number of hydrogen-bond donors (Lipinski definition) is 1. The minimum atomic E-state index is -0.869. The van der Waals surface area contributed by atoms with E-state index < -0.39 is 11.6 Å². The van der Waals surface area contributed by atoms with Gasteiger partial charge in [0.25, 0.3) is 0 Å². The molecular formula is C22H22F2N4. The van der Waals surface area contributed by atoms with Gasteiger partial charge >= 0.3 is 0 Å². The highest BCUT2D eigenvalue weighted by molar-refractivity contribution is 6.02. The minimum Gasteiger partial charge on any atom is -0.323 e. The first kappa shape index (κ1) is 21.1. The number of halogens is 2. The summed E-state index contributed by atoms with van der Waals surface area (Å²) in [6.07, 6.45) is 3.32. The zero-order chi connectivity index (χ0) is 20.5. The number of aromatic nitrogens is 1. The SMILES string of the molecule is C=NC(=Nc1ccc(-c2cccc(F)c2F)cc1C)c1cccnc1.CNC. The van der Waals surface area contributed by atoms with Crippen LogP contribution in [-0.4, -0.2) is 31.6 Å². The van der Waals surface area contributed by atoms with Gasteiger partial charge in [-0.05, 0) is 69.2 Å². The van der Waals surface area contributed by atoms with Crippen molar-refractivity contribution in [1.82, 2.24) is 10.3 Å². The number of pyridine rings is 1. The highest BCUT2D eigenvalue weighted by atomic mass is 19.2. The molecule has 0 amide bonds. The van der Waals surface area contributed by atoms with Crippen LogP contribution in [0.4, 0.5) is 14.5 Å². The number of aryl methyl sites for hydroxylation is 1. The van der Waals surface area contributed by atoms with Crippen LogP contribution in [0.2, 0.25) is 0 Å². The van der Waals surface area contributed by atoms with Gasteiger partial charge in [-0.2, -0.15) is 0 Å². The molecule has 3 aromatic rings. The third-order valence-corrected chi connectivity index (χ3v) is 3.76. The molecule has 3 rings (SSSR count). The Kier molecular flexibility index (Phi) is 7.65. The molecule has 28 heavy (non-hydrogen) atoms. The van der Waals surface area contributed by atoms with Crippen molar-refractivity contribution in [2.24, 2.45) is 9.98 Å². The van der Waals surface area contributed by atoms with Crippen molar-refractivity contribution in [3.05, 3.63) is 83.7 Å². The summed E-state index contributed by atoms with van der Waals surface area (Å²) in [4.78, 5) is 12.5. The molecule has 6 heteroatoms. The van der Waals surface area contributed by atoms with E-state index in [-0.39, 0.29) is 5.56 Å². The second kappa shape index (κ2) is 10.2. The molecule has 1 aromatic heterocycles. The van der Waals surface area contributed by atoms with E-state index in [0.717, 1.165) is 17.2 Å². The summed E-state index contributed by atoms with van der Waals surface area (Å²) in [6, 6.07) is 13.0. The number of nitrogens with one attached hydrogen (secondary N) is 1. The van der Waals surface area contributed by atoms with Crippen LogP contribution < -0.4 is 5.32 Å². The molecule has 0 saturated heterocycles. The van der Waals surface area contributed by atoms with Gasteiger partial charge in [-0.15, -0.1) is 0 Å². The van der Waals surface area contributed by atoms with Crippen molar-refractivity contribution >= 4 is 18.2 Å². The second-order valence-electron chi connectivity index (χ2n) is 5.94. The number of rotatable bonds is 3. The lowest BCUT2D eigenvalue weighted by molar-refractivity contribution is 0.511. The lowest BCUT2D eigenvalue weighted by atomic mass is 10.0. The van der Waals surface area contributed by atoms with Gasteiger partial charge in [-0.1, -0.05) is 18.2 Å². The number of aliphatic imine (C=N–C) groups is 2. The summed E-state index contributed by atoms with van der Waals surface area (Å²) in [5.41, 5.74) is 3.03. The van der Waals surface area contributed by atoms with E-state index in [2.05, 4.69) is 27.0 Å². The predicted octanol–water partition coefficient (Wildman–Crippen LogP) is 4.95. The van der Waals surface area contributed by atoms with Crippen LogP contribution >= 0.6 is 0 Å². The van der Waals surface area contributed by atoms with E-state index in [1.54, 1.807) is 42.7 Å². The van der Waals surface area contributed by atoms with E-state index in [1.165, 1.54) is 6.07 Å². The predicted molar refractivity (Wildman–Crippen MR) is 111 cm³/mol. The Labute approximate surface area is 163 Å². The molecule has 0 saturated carbocycles. The summed E-state index contributed by atoms with van der Waals surface area (Å²) in [5, 5.41) is 2.75. The largest absolute Gasteiger partial charge is 0.323 e. The smallest absolute Gasteiger partial charge is 0.166 e. The standard InChI is InChI=1S/C20H15F2N3.C2H7N/c1-13-11-14(16-6-3-7-17(21)19(16)22)8-9-18(13)25-20(23-2)15-5-4-10-24-12-15;1-3-2/h3-12H,2H2,1H3;3H,1-2H3. The number of nitrogens with zero attached hydrogens (tertiary/aromatic N) is 3. The minimum absolute atomic E-state index is 0.216. The molecule has 4 nitrogen and oxygen atoms in total. The van der Waals surface area contributed by atoms with E-state index in [0.29, 0.717) is 17.1 Å². The van der Waals surface area contributed by atoms with Crippen molar-refractivity contribution < 1.29 is 8.78 Å². The molecule has 0 aliphatic carbocycles. The van der Waals surface area contributed by atoms with E-state index in [9.17, 15) is 8.78 Å². The molecule has 0 bridgehead atoms. The molecule has 0 atom stereocenters. The Morgan fingerprint density at radius 1 is 1.07 bits per heavy atom. The number of benzene rings is 2. The Balaban J connectivity index is 0.000000878. The average molecular weight is 380 g/mol. The van der Waals surface area contributed by atoms with Crippen molar-refractivity contribution in [2.45, 2.75) is 6.92 Å². The lowest BCUT2D eigenvalue weighted by Gasteiger charge is -2.08. The maximum atomic E-state index is 14.0.